The average Bonchev–Trinajstić information content (AvgIpc) is 2.65. The summed E-state index contributed by atoms with van der Waals surface area (Å²) >= 11 is 0. The molecule has 0 saturated carbocycles. The van der Waals surface area contributed by atoms with Crippen LogP contribution in [0.5, 0.6) is 17.2 Å². The highest BCUT2D eigenvalue weighted by molar-refractivity contribution is 5.91. The molecule has 0 fully saturated rings. The number of fused-ring (bicyclic) bond motifs is 1. The minimum absolute atomic E-state index is 0.0421. The van der Waals surface area contributed by atoms with E-state index in [0.29, 0.717) is 17.1 Å². The standard InChI is InChI=1S/C18H17NO6/c1-23-13-7-6-11(8-12(13)18(21)22)9-19-17(20)16-10-24-14-4-2-3-5-15(14)25-16/h2-8,16H,9-10H2,1H3,(H,19,20)(H,21,22)/t16-/m1/s1. The monoisotopic (exact) mass is 343 g/mol. The SMILES string of the molecule is COc1ccc(CNC(=O)[C@H]2COc3ccccc3O2)cc1C(=O)O. The number of methoxy groups -OCH3 is 1. The van der Waals surface area contributed by atoms with Crippen LogP contribution in [-0.2, 0) is 11.3 Å². The number of carboxylic acids is 1. The molecule has 1 aliphatic heterocycles. The zero-order valence-corrected chi connectivity index (χ0v) is 13.5. The Morgan fingerprint density at radius 1 is 1.24 bits per heavy atom. The smallest absolute Gasteiger partial charge is 0.339 e. The lowest BCUT2D eigenvalue weighted by Gasteiger charge is -2.25. The van der Waals surface area contributed by atoms with Crippen molar-refractivity contribution in [2.24, 2.45) is 0 Å². The van der Waals surface area contributed by atoms with Crippen LogP contribution in [0.4, 0.5) is 0 Å². The Morgan fingerprint density at radius 3 is 2.72 bits per heavy atom. The van der Waals surface area contributed by atoms with E-state index >= 15 is 0 Å². The molecule has 0 spiro atoms. The Morgan fingerprint density at radius 2 is 2.00 bits per heavy atom. The predicted molar refractivity (Wildman–Crippen MR) is 88.2 cm³/mol. The Hall–Kier alpha value is -3.22. The van der Waals surface area contributed by atoms with Crippen molar-refractivity contribution in [3.63, 3.8) is 0 Å². The van der Waals surface area contributed by atoms with E-state index in [-0.39, 0.29) is 30.4 Å². The van der Waals surface area contributed by atoms with Crippen molar-refractivity contribution in [1.82, 2.24) is 5.32 Å². The molecular weight excluding hydrogens is 326 g/mol. The zero-order chi connectivity index (χ0) is 17.8. The summed E-state index contributed by atoms with van der Waals surface area (Å²) in [6, 6.07) is 11.8. The van der Waals surface area contributed by atoms with Gasteiger partial charge in [-0.3, -0.25) is 4.79 Å². The fourth-order valence-electron chi connectivity index (χ4n) is 2.48. The molecule has 0 unspecified atom stereocenters. The zero-order valence-electron chi connectivity index (χ0n) is 13.5. The van der Waals surface area contributed by atoms with E-state index in [1.807, 2.05) is 6.07 Å². The van der Waals surface area contributed by atoms with Crippen LogP contribution in [0.2, 0.25) is 0 Å². The molecule has 0 bridgehead atoms. The van der Waals surface area contributed by atoms with Crippen molar-refractivity contribution in [3.05, 3.63) is 53.6 Å². The van der Waals surface area contributed by atoms with E-state index in [1.165, 1.54) is 13.2 Å². The van der Waals surface area contributed by atoms with Gasteiger partial charge >= 0.3 is 5.97 Å². The van der Waals surface area contributed by atoms with Crippen LogP contribution >= 0.6 is 0 Å². The van der Waals surface area contributed by atoms with Gasteiger partial charge in [0.2, 0.25) is 6.10 Å². The van der Waals surface area contributed by atoms with Gasteiger partial charge in [-0.2, -0.15) is 0 Å². The van der Waals surface area contributed by atoms with Crippen LogP contribution in [0.1, 0.15) is 15.9 Å². The summed E-state index contributed by atoms with van der Waals surface area (Å²) in [5.74, 6) is -0.0321. The van der Waals surface area contributed by atoms with Gasteiger partial charge in [0.05, 0.1) is 7.11 Å². The van der Waals surface area contributed by atoms with Crippen LogP contribution in [-0.4, -0.2) is 36.8 Å². The number of rotatable bonds is 5. The lowest BCUT2D eigenvalue weighted by molar-refractivity contribution is -0.130. The highest BCUT2D eigenvalue weighted by atomic mass is 16.6. The van der Waals surface area contributed by atoms with Gasteiger partial charge in [0.1, 0.15) is 17.9 Å². The summed E-state index contributed by atoms with van der Waals surface area (Å²) in [4.78, 5) is 23.5. The minimum atomic E-state index is -1.09. The molecule has 2 aromatic rings. The first-order valence-electron chi connectivity index (χ1n) is 7.65. The largest absolute Gasteiger partial charge is 0.496 e. The van der Waals surface area contributed by atoms with Crippen molar-refractivity contribution < 1.29 is 28.9 Å². The average molecular weight is 343 g/mol. The molecule has 0 aromatic heterocycles. The Labute approximate surface area is 144 Å². The number of carbonyl (C=O) groups is 2. The molecule has 1 aliphatic rings. The van der Waals surface area contributed by atoms with E-state index in [1.54, 1.807) is 30.3 Å². The van der Waals surface area contributed by atoms with E-state index in [2.05, 4.69) is 5.32 Å². The normalized spacial score (nSPS) is 15.3. The lowest BCUT2D eigenvalue weighted by atomic mass is 10.1. The van der Waals surface area contributed by atoms with E-state index in [4.69, 9.17) is 14.2 Å². The Bertz CT molecular complexity index is 804. The van der Waals surface area contributed by atoms with E-state index < -0.39 is 12.1 Å². The van der Waals surface area contributed by atoms with Crippen molar-refractivity contribution in [1.29, 1.82) is 0 Å². The van der Waals surface area contributed by atoms with Crippen LogP contribution < -0.4 is 19.5 Å². The lowest BCUT2D eigenvalue weighted by Crippen LogP contribution is -2.43. The van der Waals surface area contributed by atoms with Crippen molar-refractivity contribution >= 4 is 11.9 Å². The number of ether oxygens (including phenoxy) is 3. The Balaban J connectivity index is 1.63. The highest BCUT2D eigenvalue weighted by Gasteiger charge is 2.27. The number of nitrogens with one attached hydrogen (secondary N) is 1. The van der Waals surface area contributed by atoms with Gasteiger partial charge in [-0.15, -0.1) is 0 Å². The van der Waals surface area contributed by atoms with Gasteiger partial charge in [0.25, 0.3) is 5.91 Å². The summed E-state index contributed by atoms with van der Waals surface area (Å²) in [5.41, 5.74) is 0.684. The summed E-state index contributed by atoms with van der Waals surface area (Å²) < 4.78 is 16.2. The quantitative estimate of drug-likeness (QED) is 0.860. The minimum Gasteiger partial charge on any atom is -0.496 e. The maximum absolute atomic E-state index is 12.3. The number of aromatic carboxylic acids is 1. The molecule has 1 atom stereocenters. The molecule has 3 rings (SSSR count). The number of hydrogen-bond acceptors (Lipinski definition) is 5. The second kappa shape index (κ2) is 7.12. The van der Waals surface area contributed by atoms with E-state index in [9.17, 15) is 14.7 Å². The number of benzene rings is 2. The molecule has 7 heteroatoms. The van der Waals surface area contributed by atoms with Crippen LogP contribution in [0, 0.1) is 0 Å². The van der Waals surface area contributed by atoms with Gasteiger partial charge in [0.15, 0.2) is 11.5 Å². The van der Waals surface area contributed by atoms with E-state index in [0.717, 1.165) is 0 Å². The fraction of sp³-hybridized carbons (Fsp3) is 0.222. The highest BCUT2D eigenvalue weighted by Crippen LogP contribution is 2.30. The third-order valence-corrected chi connectivity index (χ3v) is 3.76. The molecule has 130 valence electrons. The third kappa shape index (κ3) is 3.65. The third-order valence-electron chi connectivity index (χ3n) is 3.76. The van der Waals surface area contributed by atoms with Crippen LogP contribution in [0.25, 0.3) is 0 Å². The number of para-hydroxylation sites is 2. The Kier molecular flexibility index (Phi) is 4.74. The molecule has 2 N–H and O–H groups in total. The van der Waals surface area contributed by atoms with Gasteiger partial charge < -0.3 is 24.6 Å². The molecule has 1 heterocycles. The molecule has 2 aromatic carbocycles. The summed E-state index contributed by atoms with van der Waals surface area (Å²) in [6.07, 6.45) is -0.757. The van der Waals surface area contributed by atoms with Crippen molar-refractivity contribution in [2.75, 3.05) is 13.7 Å². The first-order valence-corrected chi connectivity index (χ1v) is 7.65. The predicted octanol–water partition coefficient (Wildman–Crippen LogP) is 1.85. The number of carboxylic acid groups (broad SMARTS) is 1. The molecule has 1 amide bonds. The van der Waals surface area contributed by atoms with Gasteiger partial charge in [-0.1, -0.05) is 18.2 Å². The maximum atomic E-state index is 12.3. The number of carbonyl (C=O) groups excluding carboxylic acids is 1. The molecule has 0 radical (unpaired) electrons. The summed E-state index contributed by atoms with van der Waals surface area (Å²) in [5, 5.41) is 11.9. The van der Waals surface area contributed by atoms with Crippen molar-refractivity contribution in [2.45, 2.75) is 12.6 Å². The fourth-order valence-corrected chi connectivity index (χ4v) is 2.48. The molecular formula is C18H17NO6. The molecule has 0 aliphatic carbocycles. The van der Waals surface area contributed by atoms with Gasteiger partial charge in [-0.05, 0) is 29.8 Å². The van der Waals surface area contributed by atoms with Gasteiger partial charge in [0, 0.05) is 6.54 Å². The first-order chi connectivity index (χ1) is 12.1. The van der Waals surface area contributed by atoms with Crippen molar-refractivity contribution in [3.8, 4) is 17.2 Å². The summed E-state index contributed by atoms with van der Waals surface area (Å²) in [7, 11) is 1.40. The van der Waals surface area contributed by atoms with Gasteiger partial charge in [-0.25, -0.2) is 4.79 Å². The van der Waals surface area contributed by atoms with Crippen LogP contribution in [0.3, 0.4) is 0 Å². The first kappa shape index (κ1) is 16.6. The summed E-state index contributed by atoms with van der Waals surface area (Å²) in [6.45, 7) is 0.288. The molecule has 7 nitrogen and oxygen atoms in total. The maximum Gasteiger partial charge on any atom is 0.339 e. The van der Waals surface area contributed by atoms with Crippen LogP contribution in [0.15, 0.2) is 42.5 Å². The topological polar surface area (TPSA) is 94.1 Å². The number of hydrogen-bond donors (Lipinski definition) is 2. The molecule has 25 heavy (non-hydrogen) atoms. The second-order valence-electron chi connectivity index (χ2n) is 5.42. The number of amides is 1. The second-order valence-corrected chi connectivity index (χ2v) is 5.42. The molecule has 0 saturated heterocycles.